The zero-order valence-electron chi connectivity index (χ0n) is 19.7. The van der Waals surface area contributed by atoms with E-state index in [2.05, 4.69) is 15.5 Å². The van der Waals surface area contributed by atoms with Crippen molar-refractivity contribution < 1.29 is 17.9 Å². The number of hydrogen-bond donors (Lipinski definition) is 2. The lowest BCUT2D eigenvalue weighted by Crippen LogP contribution is -2.30. The number of nitrogens with zero attached hydrogens (tertiary/aromatic N) is 2. The second kappa shape index (κ2) is 11.3. The minimum Gasteiger partial charge on any atom is -0.497 e. The normalized spacial score (nSPS) is 11.6. The number of anilines is 2. The molecule has 0 aliphatic heterocycles. The molecule has 0 aliphatic rings. The van der Waals surface area contributed by atoms with Crippen molar-refractivity contribution in [1.82, 2.24) is 9.21 Å². The number of likely N-dealkylation sites (N-methyl/N-ethyl adjacent to an activating group) is 1. The molecule has 0 aliphatic carbocycles. The molecule has 0 fully saturated rings. The minimum absolute atomic E-state index is 0.0484. The van der Waals surface area contributed by atoms with Crippen molar-refractivity contribution in [3.05, 3.63) is 47.5 Å². The Hall–Kier alpha value is -2.62. The van der Waals surface area contributed by atoms with Crippen LogP contribution in [-0.2, 0) is 14.8 Å². The van der Waals surface area contributed by atoms with Gasteiger partial charge in [-0.15, -0.1) is 0 Å². The fourth-order valence-corrected chi connectivity index (χ4v) is 4.54. The van der Waals surface area contributed by atoms with Crippen LogP contribution in [-0.4, -0.2) is 71.4 Å². The molecule has 0 heterocycles. The van der Waals surface area contributed by atoms with Gasteiger partial charge in [-0.25, -0.2) is 12.7 Å². The SMILES string of the molecule is COc1ccc(S(=O)(=O)N(C)CCC(=O)Nc2ccc(NCCN(C)C)c(C)c2)c(C)c1. The predicted molar refractivity (Wildman–Crippen MR) is 129 cm³/mol. The van der Waals surface area contributed by atoms with Crippen molar-refractivity contribution in [2.24, 2.45) is 0 Å². The van der Waals surface area contributed by atoms with E-state index >= 15 is 0 Å². The van der Waals surface area contributed by atoms with Crippen molar-refractivity contribution in [3.8, 4) is 5.75 Å². The second-order valence-electron chi connectivity index (χ2n) is 8.02. The van der Waals surface area contributed by atoms with Gasteiger partial charge in [-0.1, -0.05) is 0 Å². The fraction of sp³-hybridized carbons (Fsp3) is 0.435. The van der Waals surface area contributed by atoms with E-state index in [1.54, 1.807) is 19.1 Å². The number of aryl methyl sites for hydroxylation is 2. The molecule has 2 aromatic carbocycles. The maximum atomic E-state index is 12.9. The van der Waals surface area contributed by atoms with E-state index in [1.807, 2.05) is 39.2 Å². The Kier molecular flexibility index (Phi) is 9.06. The van der Waals surface area contributed by atoms with Crippen LogP contribution in [0.15, 0.2) is 41.3 Å². The molecule has 0 saturated heterocycles. The van der Waals surface area contributed by atoms with Gasteiger partial charge in [-0.2, -0.15) is 0 Å². The summed E-state index contributed by atoms with van der Waals surface area (Å²) in [6.45, 7) is 5.52. The van der Waals surface area contributed by atoms with E-state index in [4.69, 9.17) is 4.74 Å². The number of amides is 1. The average molecular weight is 463 g/mol. The summed E-state index contributed by atoms with van der Waals surface area (Å²) in [5.41, 5.74) is 3.32. The molecule has 0 spiro atoms. The van der Waals surface area contributed by atoms with Gasteiger partial charge in [0.25, 0.3) is 0 Å². The summed E-state index contributed by atoms with van der Waals surface area (Å²) < 4.78 is 32.1. The van der Waals surface area contributed by atoms with Crippen molar-refractivity contribution in [2.75, 3.05) is 58.5 Å². The van der Waals surface area contributed by atoms with Crippen molar-refractivity contribution in [1.29, 1.82) is 0 Å². The summed E-state index contributed by atoms with van der Waals surface area (Å²) in [7, 11) is 3.35. The van der Waals surface area contributed by atoms with Gasteiger partial charge in [0.2, 0.25) is 15.9 Å². The van der Waals surface area contributed by atoms with Crippen LogP contribution in [0.2, 0.25) is 0 Å². The van der Waals surface area contributed by atoms with Gasteiger partial charge < -0.3 is 20.3 Å². The fourth-order valence-electron chi connectivity index (χ4n) is 3.16. The summed E-state index contributed by atoms with van der Waals surface area (Å²) in [6, 6.07) is 10.5. The summed E-state index contributed by atoms with van der Waals surface area (Å²) >= 11 is 0. The van der Waals surface area contributed by atoms with Crippen LogP contribution in [0.25, 0.3) is 0 Å². The molecule has 0 radical (unpaired) electrons. The first kappa shape index (κ1) is 25.6. The van der Waals surface area contributed by atoms with Gasteiger partial charge in [0.1, 0.15) is 5.75 Å². The Morgan fingerprint density at radius 1 is 1.00 bits per heavy atom. The highest BCUT2D eigenvalue weighted by atomic mass is 32.2. The molecule has 176 valence electrons. The Bertz CT molecular complexity index is 1040. The first-order valence-electron chi connectivity index (χ1n) is 10.4. The molecule has 2 rings (SSSR count). The maximum absolute atomic E-state index is 12.9. The van der Waals surface area contributed by atoms with Gasteiger partial charge >= 0.3 is 0 Å². The van der Waals surface area contributed by atoms with E-state index in [-0.39, 0.29) is 23.8 Å². The molecular weight excluding hydrogens is 428 g/mol. The first-order valence-corrected chi connectivity index (χ1v) is 11.9. The summed E-state index contributed by atoms with van der Waals surface area (Å²) in [5, 5.41) is 6.22. The molecule has 8 nitrogen and oxygen atoms in total. The Labute approximate surface area is 191 Å². The van der Waals surface area contributed by atoms with Crippen molar-refractivity contribution in [2.45, 2.75) is 25.2 Å². The number of sulfonamides is 1. The van der Waals surface area contributed by atoms with E-state index in [0.717, 1.165) is 24.3 Å². The third-order valence-electron chi connectivity index (χ3n) is 5.11. The van der Waals surface area contributed by atoms with Gasteiger partial charge in [0, 0.05) is 44.5 Å². The molecule has 2 aromatic rings. The lowest BCUT2D eigenvalue weighted by atomic mass is 10.1. The monoisotopic (exact) mass is 462 g/mol. The van der Waals surface area contributed by atoms with Crippen LogP contribution in [0.1, 0.15) is 17.5 Å². The van der Waals surface area contributed by atoms with Crippen molar-refractivity contribution >= 4 is 27.3 Å². The molecule has 0 bridgehead atoms. The Balaban J connectivity index is 1.94. The van der Waals surface area contributed by atoms with Crippen LogP contribution in [0.5, 0.6) is 5.75 Å². The third-order valence-corrected chi connectivity index (χ3v) is 7.13. The van der Waals surface area contributed by atoms with Gasteiger partial charge in [-0.05, 0) is 75.5 Å². The summed E-state index contributed by atoms with van der Waals surface area (Å²) in [4.78, 5) is 14.7. The van der Waals surface area contributed by atoms with Crippen molar-refractivity contribution in [3.63, 3.8) is 0 Å². The van der Waals surface area contributed by atoms with Crippen LogP contribution in [0.3, 0.4) is 0 Å². The molecular formula is C23H34N4O4S. The lowest BCUT2D eigenvalue weighted by Gasteiger charge is -2.19. The molecule has 0 aromatic heterocycles. The molecule has 0 unspecified atom stereocenters. The van der Waals surface area contributed by atoms with Crippen LogP contribution < -0.4 is 15.4 Å². The lowest BCUT2D eigenvalue weighted by molar-refractivity contribution is -0.116. The number of methoxy groups -OCH3 is 1. The predicted octanol–water partition coefficient (Wildman–Crippen LogP) is 2.93. The van der Waals surface area contributed by atoms with Gasteiger partial charge in [0.05, 0.1) is 12.0 Å². The number of carbonyl (C=O) groups is 1. The second-order valence-corrected chi connectivity index (χ2v) is 10.0. The minimum atomic E-state index is -3.70. The van der Waals surface area contributed by atoms with Crippen LogP contribution in [0.4, 0.5) is 11.4 Å². The Morgan fingerprint density at radius 3 is 2.31 bits per heavy atom. The molecule has 9 heteroatoms. The summed E-state index contributed by atoms with van der Waals surface area (Å²) in [6.07, 6.45) is 0.0484. The molecule has 0 atom stereocenters. The first-order chi connectivity index (χ1) is 15.0. The molecule has 32 heavy (non-hydrogen) atoms. The van der Waals surface area contributed by atoms with Gasteiger partial charge in [0.15, 0.2) is 0 Å². The number of nitrogens with one attached hydrogen (secondary N) is 2. The Morgan fingerprint density at radius 2 is 1.72 bits per heavy atom. The topological polar surface area (TPSA) is 91.0 Å². The van der Waals surface area contributed by atoms with Crippen LogP contribution >= 0.6 is 0 Å². The standard InChI is InChI=1S/C23H34N4O4S/c1-17-15-19(7-9-21(17)24-12-14-26(3)4)25-23(28)11-13-27(5)32(29,30)22-10-8-20(31-6)16-18(22)2/h7-10,15-16,24H,11-14H2,1-6H3,(H,25,28). The highest BCUT2D eigenvalue weighted by Crippen LogP contribution is 2.24. The largest absolute Gasteiger partial charge is 0.497 e. The zero-order chi connectivity index (χ0) is 23.9. The number of rotatable bonds is 11. The maximum Gasteiger partial charge on any atom is 0.243 e. The van der Waals surface area contributed by atoms with E-state index < -0.39 is 10.0 Å². The number of benzene rings is 2. The molecule has 2 N–H and O–H groups in total. The smallest absolute Gasteiger partial charge is 0.243 e. The zero-order valence-corrected chi connectivity index (χ0v) is 20.5. The molecule has 0 saturated carbocycles. The number of hydrogen-bond acceptors (Lipinski definition) is 6. The van der Waals surface area contributed by atoms with E-state index in [1.165, 1.54) is 24.5 Å². The molecule has 1 amide bonds. The van der Waals surface area contributed by atoms with Crippen LogP contribution in [0, 0.1) is 13.8 Å². The number of carbonyl (C=O) groups excluding carboxylic acids is 1. The van der Waals surface area contributed by atoms with Gasteiger partial charge in [-0.3, -0.25) is 4.79 Å². The van der Waals surface area contributed by atoms with E-state index in [9.17, 15) is 13.2 Å². The third kappa shape index (κ3) is 6.94. The highest BCUT2D eigenvalue weighted by Gasteiger charge is 2.23. The highest BCUT2D eigenvalue weighted by molar-refractivity contribution is 7.89. The summed E-state index contributed by atoms with van der Waals surface area (Å²) in [5.74, 6) is 0.351. The number of ether oxygens (including phenoxy) is 1. The van der Waals surface area contributed by atoms with E-state index in [0.29, 0.717) is 17.0 Å². The average Bonchev–Trinajstić information content (AvgIpc) is 2.72. The quantitative estimate of drug-likeness (QED) is 0.534.